The molecule has 117 valence electrons. The van der Waals surface area contributed by atoms with Crippen LogP contribution in [-0.2, 0) is 6.61 Å². The molecule has 2 rings (SSSR count). The molecule has 0 atom stereocenters. The lowest BCUT2D eigenvalue weighted by Gasteiger charge is -2.08. The zero-order valence-electron chi connectivity index (χ0n) is 13.4. The molecule has 0 amide bonds. The summed E-state index contributed by atoms with van der Waals surface area (Å²) in [6, 6.07) is 18.7. The fourth-order valence-corrected chi connectivity index (χ4v) is 2.21. The first-order valence-electron chi connectivity index (χ1n) is 8.19. The maximum Gasteiger partial charge on any atom is 0.119 e. The van der Waals surface area contributed by atoms with Gasteiger partial charge in [-0.25, -0.2) is 0 Å². The Balaban J connectivity index is 1.67. The summed E-state index contributed by atoms with van der Waals surface area (Å²) in [5.74, 6) is 1.81. The summed E-state index contributed by atoms with van der Waals surface area (Å²) in [7, 11) is 0. The molecule has 0 aliphatic rings. The monoisotopic (exact) mass is 297 g/mol. The van der Waals surface area contributed by atoms with E-state index in [2.05, 4.69) is 25.1 Å². The molecular formula is C20H25O2. The predicted molar refractivity (Wildman–Crippen MR) is 90.3 cm³/mol. The number of hydrogen-bond donors (Lipinski definition) is 0. The van der Waals surface area contributed by atoms with Crippen LogP contribution in [0, 0.1) is 6.07 Å². The third-order valence-electron chi connectivity index (χ3n) is 3.53. The van der Waals surface area contributed by atoms with Crippen molar-refractivity contribution in [3.63, 3.8) is 0 Å². The van der Waals surface area contributed by atoms with Crippen molar-refractivity contribution in [2.75, 3.05) is 6.61 Å². The molecule has 0 aliphatic carbocycles. The normalized spacial score (nSPS) is 10.4. The summed E-state index contributed by atoms with van der Waals surface area (Å²) in [6.07, 6.45) is 6.32. The van der Waals surface area contributed by atoms with Crippen molar-refractivity contribution >= 4 is 0 Å². The van der Waals surface area contributed by atoms with E-state index in [9.17, 15) is 0 Å². The van der Waals surface area contributed by atoms with Gasteiger partial charge in [0.2, 0.25) is 0 Å². The molecule has 1 radical (unpaired) electrons. The average Bonchev–Trinajstić information content (AvgIpc) is 2.58. The van der Waals surface area contributed by atoms with Crippen molar-refractivity contribution in [3.05, 3.63) is 60.2 Å². The van der Waals surface area contributed by atoms with Gasteiger partial charge in [-0.15, -0.1) is 0 Å². The SMILES string of the molecule is CCCCCCCOc1ccc(COc2cc[c]cc2)cc1. The summed E-state index contributed by atoms with van der Waals surface area (Å²) in [6.45, 7) is 3.61. The van der Waals surface area contributed by atoms with Crippen molar-refractivity contribution in [3.8, 4) is 11.5 Å². The Morgan fingerprint density at radius 1 is 0.773 bits per heavy atom. The van der Waals surface area contributed by atoms with Crippen LogP contribution >= 0.6 is 0 Å². The third-order valence-corrected chi connectivity index (χ3v) is 3.53. The number of ether oxygens (including phenoxy) is 2. The highest BCUT2D eigenvalue weighted by Gasteiger charge is 1.98. The maximum absolute atomic E-state index is 5.76. The predicted octanol–water partition coefficient (Wildman–Crippen LogP) is 5.41. The van der Waals surface area contributed by atoms with Crippen LogP contribution in [0.4, 0.5) is 0 Å². The highest BCUT2D eigenvalue weighted by molar-refractivity contribution is 5.27. The van der Waals surface area contributed by atoms with Crippen molar-refractivity contribution < 1.29 is 9.47 Å². The van der Waals surface area contributed by atoms with Crippen LogP contribution < -0.4 is 9.47 Å². The van der Waals surface area contributed by atoms with Gasteiger partial charge >= 0.3 is 0 Å². The molecule has 2 nitrogen and oxygen atoms in total. The summed E-state index contributed by atoms with van der Waals surface area (Å²) in [5.41, 5.74) is 1.14. The molecule has 0 heterocycles. The van der Waals surface area contributed by atoms with Crippen LogP contribution in [0.2, 0.25) is 0 Å². The molecule has 0 spiro atoms. The quantitative estimate of drug-likeness (QED) is 0.545. The largest absolute Gasteiger partial charge is 0.494 e. The van der Waals surface area contributed by atoms with Gasteiger partial charge in [-0.1, -0.05) is 56.9 Å². The van der Waals surface area contributed by atoms with Crippen molar-refractivity contribution in [2.24, 2.45) is 0 Å². The van der Waals surface area contributed by atoms with Gasteiger partial charge in [-0.05, 0) is 42.3 Å². The molecule has 0 aliphatic heterocycles. The minimum Gasteiger partial charge on any atom is -0.494 e. The van der Waals surface area contributed by atoms with Crippen molar-refractivity contribution in [2.45, 2.75) is 45.6 Å². The summed E-state index contributed by atoms with van der Waals surface area (Å²) in [4.78, 5) is 0. The maximum atomic E-state index is 5.76. The van der Waals surface area contributed by atoms with Crippen LogP contribution in [0.5, 0.6) is 11.5 Å². The van der Waals surface area contributed by atoms with Gasteiger partial charge in [-0.3, -0.25) is 0 Å². The summed E-state index contributed by atoms with van der Waals surface area (Å²) in [5, 5.41) is 0. The standard InChI is InChI=1S/C20H25O2/c1-2-3-4-5-9-16-21-20-14-12-18(13-15-20)17-22-19-10-7-6-8-11-19/h7-8,10-15H,2-5,9,16-17H2,1H3. The first kappa shape index (κ1) is 16.4. The van der Waals surface area contributed by atoms with E-state index < -0.39 is 0 Å². The van der Waals surface area contributed by atoms with Crippen LogP contribution in [-0.4, -0.2) is 6.61 Å². The fourth-order valence-electron chi connectivity index (χ4n) is 2.21. The Morgan fingerprint density at radius 2 is 1.45 bits per heavy atom. The lowest BCUT2D eigenvalue weighted by atomic mass is 10.2. The second-order valence-electron chi connectivity index (χ2n) is 5.43. The zero-order valence-corrected chi connectivity index (χ0v) is 13.4. The van der Waals surface area contributed by atoms with E-state index >= 15 is 0 Å². The number of unbranched alkanes of at least 4 members (excludes halogenated alkanes) is 4. The lowest BCUT2D eigenvalue weighted by molar-refractivity contribution is 0.300. The van der Waals surface area contributed by atoms with Gasteiger partial charge < -0.3 is 9.47 Å². The molecule has 0 saturated heterocycles. The summed E-state index contributed by atoms with van der Waals surface area (Å²) >= 11 is 0. The minimum atomic E-state index is 0.571. The Labute approximate surface area is 134 Å². The van der Waals surface area contributed by atoms with Crippen LogP contribution in [0.3, 0.4) is 0 Å². The Morgan fingerprint density at radius 3 is 2.18 bits per heavy atom. The minimum absolute atomic E-state index is 0.571. The Bertz CT molecular complexity index is 505. The highest BCUT2D eigenvalue weighted by atomic mass is 16.5. The smallest absolute Gasteiger partial charge is 0.119 e. The fraction of sp³-hybridized carbons (Fsp3) is 0.400. The molecule has 2 aromatic carbocycles. The van der Waals surface area contributed by atoms with E-state index in [1.807, 2.05) is 36.4 Å². The van der Waals surface area contributed by atoms with E-state index in [0.29, 0.717) is 6.61 Å². The first-order valence-corrected chi connectivity index (χ1v) is 8.19. The second kappa shape index (κ2) is 9.88. The van der Waals surface area contributed by atoms with E-state index in [-0.39, 0.29) is 0 Å². The highest BCUT2D eigenvalue weighted by Crippen LogP contribution is 2.16. The average molecular weight is 297 g/mol. The van der Waals surface area contributed by atoms with E-state index in [1.165, 1.54) is 25.7 Å². The molecule has 0 saturated carbocycles. The molecule has 0 unspecified atom stereocenters. The first-order chi connectivity index (χ1) is 10.9. The molecule has 22 heavy (non-hydrogen) atoms. The topological polar surface area (TPSA) is 18.5 Å². The van der Waals surface area contributed by atoms with Gasteiger partial charge in [0.25, 0.3) is 0 Å². The molecule has 2 heteroatoms. The molecule has 0 bridgehead atoms. The number of rotatable bonds is 10. The Kier molecular flexibility index (Phi) is 7.37. The van der Waals surface area contributed by atoms with Crippen LogP contribution in [0.25, 0.3) is 0 Å². The molecule has 0 aromatic heterocycles. The molecule has 2 aromatic rings. The van der Waals surface area contributed by atoms with Gasteiger partial charge in [0.15, 0.2) is 0 Å². The third kappa shape index (κ3) is 6.21. The zero-order chi connectivity index (χ0) is 15.5. The number of benzene rings is 2. The van der Waals surface area contributed by atoms with Crippen LogP contribution in [0.1, 0.15) is 44.6 Å². The molecule has 0 N–H and O–H groups in total. The Hall–Kier alpha value is -1.96. The van der Waals surface area contributed by atoms with E-state index in [0.717, 1.165) is 30.1 Å². The van der Waals surface area contributed by atoms with Gasteiger partial charge in [-0.2, -0.15) is 0 Å². The van der Waals surface area contributed by atoms with Crippen molar-refractivity contribution in [1.82, 2.24) is 0 Å². The summed E-state index contributed by atoms with van der Waals surface area (Å²) < 4.78 is 11.5. The van der Waals surface area contributed by atoms with Gasteiger partial charge in [0.05, 0.1) is 6.61 Å². The van der Waals surface area contributed by atoms with Crippen LogP contribution in [0.15, 0.2) is 48.5 Å². The van der Waals surface area contributed by atoms with E-state index in [1.54, 1.807) is 0 Å². The lowest BCUT2D eigenvalue weighted by Crippen LogP contribution is -1.98. The molecule has 0 fully saturated rings. The number of hydrogen-bond acceptors (Lipinski definition) is 2. The van der Waals surface area contributed by atoms with Crippen molar-refractivity contribution in [1.29, 1.82) is 0 Å². The van der Waals surface area contributed by atoms with Gasteiger partial charge in [0.1, 0.15) is 18.1 Å². The second-order valence-corrected chi connectivity index (χ2v) is 5.43. The molecular weight excluding hydrogens is 272 g/mol. The van der Waals surface area contributed by atoms with Gasteiger partial charge in [0, 0.05) is 0 Å². The van der Waals surface area contributed by atoms with E-state index in [4.69, 9.17) is 9.47 Å².